The van der Waals surface area contributed by atoms with E-state index in [0.717, 1.165) is 50.4 Å². The Morgan fingerprint density at radius 2 is 2.09 bits per heavy atom. The number of rotatable bonds is 12. The monoisotopic (exact) mass is 491 g/mol. The second kappa shape index (κ2) is 13.2. The predicted molar refractivity (Wildman–Crippen MR) is 133 cm³/mol. The van der Waals surface area contributed by atoms with Gasteiger partial charge >= 0.3 is 6.09 Å². The summed E-state index contributed by atoms with van der Waals surface area (Å²) in [5.74, 6) is 0.534. The first kappa shape index (κ1) is 26.6. The van der Waals surface area contributed by atoms with Crippen molar-refractivity contribution in [2.24, 2.45) is 11.3 Å². The highest BCUT2D eigenvalue weighted by Gasteiger charge is 2.37. The van der Waals surface area contributed by atoms with Crippen molar-refractivity contribution in [3.8, 4) is 0 Å². The Kier molecular flexibility index (Phi) is 10.4. The molecule has 3 rings (SSSR count). The molecule has 7 nitrogen and oxygen atoms in total. The van der Waals surface area contributed by atoms with Crippen molar-refractivity contribution in [3.05, 3.63) is 34.9 Å². The largest absolute Gasteiger partial charge is 0.445 e. The van der Waals surface area contributed by atoms with Crippen LogP contribution in [0.4, 0.5) is 4.79 Å². The normalized spacial score (nSPS) is 23.6. The van der Waals surface area contributed by atoms with E-state index in [1.165, 1.54) is 19.3 Å². The zero-order valence-electron chi connectivity index (χ0n) is 20.1. The summed E-state index contributed by atoms with van der Waals surface area (Å²) in [5.41, 5.74) is 0.309. The fourth-order valence-corrected chi connectivity index (χ4v) is 5.48. The van der Waals surface area contributed by atoms with Gasteiger partial charge in [-0.3, -0.25) is 0 Å². The van der Waals surface area contributed by atoms with E-state index in [9.17, 15) is 14.4 Å². The standard InChI is InChI=1S/C26H38ClN3O4/c1-19(29-23(15-31)14-26(18-32)10-11-28-17-26)24(13-20-6-3-2-4-7-20)30-25(33)34-16-21-8-5-9-22(27)12-21/h5,8-9,12,15,18-20,23-24,28-29H,2-4,6-7,10-11,13-14,16-17H2,1H3,(H,30,33). The summed E-state index contributed by atoms with van der Waals surface area (Å²) < 4.78 is 5.46. The van der Waals surface area contributed by atoms with Gasteiger partial charge in [-0.05, 0) is 56.3 Å². The van der Waals surface area contributed by atoms with E-state index >= 15 is 0 Å². The minimum atomic E-state index is -0.513. The number of benzene rings is 1. The number of halogens is 1. The molecule has 2 fully saturated rings. The maximum atomic E-state index is 12.7. The van der Waals surface area contributed by atoms with Crippen molar-refractivity contribution < 1.29 is 19.1 Å². The van der Waals surface area contributed by atoms with Crippen LogP contribution in [-0.4, -0.2) is 49.9 Å². The summed E-state index contributed by atoms with van der Waals surface area (Å²) in [6, 6.07) is 6.42. The minimum absolute atomic E-state index is 0.135. The van der Waals surface area contributed by atoms with Gasteiger partial charge in [0.15, 0.2) is 0 Å². The van der Waals surface area contributed by atoms with Crippen LogP contribution in [0.2, 0.25) is 5.02 Å². The molecule has 1 aliphatic carbocycles. The molecule has 188 valence electrons. The molecule has 4 atom stereocenters. The SMILES string of the molecule is CC(NC(C=O)CC1(C=O)CCNC1)C(CC1CCCCC1)NC(=O)OCc1cccc(Cl)c1. The number of hydrogen-bond donors (Lipinski definition) is 3. The van der Waals surface area contributed by atoms with E-state index in [2.05, 4.69) is 16.0 Å². The summed E-state index contributed by atoms with van der Waals surface area (Å²) in [6.07, 6.45) is 9.39. The zero-order chi connectivity index (χ0) is 24.4. The van der Waals surface area contributed by atoms with Crippen LogP contribution in [0.15, 0.2) is 24.3 Å². The predicted octanol–water partition coefficient (Wildman–Crippen LogP) is 4.02. The summed E-state index contributed by atoms with van der Waals surface area (Å²) in [4.78, 5) is 36.3. The molecule has 0 radical (unpaired) electrons. The van der Waals surface area contributed by atoms with Crippen molar-refractivity contribution in [2.45, 2.75) is 83.0 Å². The Hall–Kier alpha value is -1.96. The summed E-state index contributed by atoms with van der Waals surface area (Å²) in [7, 11) is 0. The Balaban J connectivity index is 1.61. The fraction of sp³-hybridized carbons (Fsp3) is 0.654. The lowest BCUT2D eigenvalue weighted by molar-refractivity contribution is -0.117. The summed E-state index contributed by atoms with van der Waals surface area (Å²) in [6.45, 7) is 3.50. The third-order valence-corrected chi connectivity index (χ3v) is 7.51. The van der Waals surface area contributed by atoms with Gasteiger partial charge in [-0.25, -0.2) is 4.79 Å². The molecule has 8 heteroatoms. The molecule has 1 aliphatic heterocycles. The summed E-state index contributed by atoms with van der Waals surface area (Å²) in [5, 5.41) is 10.2. The van der Waals surface area contributed by atoms with Gasteiger partial charge in [-0.15, -0.1) is 0 Å². The zero-order valence-corrected chi connectivity index (χ0v) is 20.8. The third kappa shape index (κ3) is 8.07. The van der Waals surface area contributed by atoms with Crippen LogP contribution in [0, 0.1) is 11.3 Å². The lowest BCUT2D eigenvalue weighted by Crippen LogP contribution is -2.53. The van der Waals surface area contributed by atoms with E-state index in [4.69, 9.17) is 16.3 Å². The van der Waals surface area contributed by atoms with Gasteiger partial charge in [0.1, 0.15) is 19.2 Å². The molecule has 1 aromatic carbocycles. The molecular weight excluding hydrogens is 454 g/mol. The Morgan fingerprint density at radius 3 is 2.74 bits per heavy atom. The molecule has 3 N–H and O–H groups in total. The average molecular weight is 492 g/mol. The second-order valence-corrected chi connectivity index (χ2v) is 10.4. The number of carbonyl (C=O) groups excluding carboxylic acids is 3. The molecule has 1 amide bonds. The van der Waals surface area contributed by atoms with Gasteiger partial charge in [-0.1, -0.05) is 55.8 Å². The highest BCUT2D eigenvalue weighted by molar-refractivity contribution is 6.30. The van der Waals surface area contributed by atoms with Crippen LogP contribution in [0.25, 0.3) is 0 Å². The van der Waals surface area contributed by atoms with Gasteiger partial charge < -0.3 is 30.3 Å². The van der Waals surface area contributed by atoms with E-state index in [-0.39, 0.29) is 18.7 Å². The quantitative estimate of drug-likeness (QED) is 0.382. The number of amides is 1. The minimum Gasteiger partial charge on any atom is -0.445 e. The van der Waals surface area contributed by atoms with Gasteiger partial charge in [0.05, 0.1) is 6.04 Å². The lowest BCUT2D eigenvalue weighted by Gasteiger charge is -2.33. The van der Waals surface area contributed by atoms with Crippen LogP contribution in [0.5, 0.6) is 0 Å². The van der Waals surface area contributed by atoms with Crippen LogP contribution in [0.1, 0.15) is 63.9 Å². The molecule has 0 bridgehead atoms. The number of nitrogens with one attached hydrogen (secondary N) is 3. The number of hydrogen-bond acceptors (Lipinski definition) is 6. The molecular formula is C26H38ClN3O4. The molecule has 0 aromatic heterocycles. The molecule has 1 saturated carbocycles. The van der Waals surface area contributed by atoms with Crippen LogP contribution in [0.3, 0.4) is 0 Å². The number of alkyl carbamates (subject to hydrolysis) is 1. The fourth-order valence-electron chi connectivity index (χ4n) is 5.26. The molecule has 1 heterocycles. The molecule has 1 aromatic rings. The van der Waals surface area contributed by atoms with Crippen LogP contribution >= 0.6 is 11.6 Å². The maximum Gasteiger partial charge on any atom is 0.407 e. The van der Waals surface area contributed by atoms with Gasteiger partial charge in [-0.2, -0.15) is 0 Å². The molecule has 4 unspecified atom stereocenters. The summed E-state index contributed by atoms with van der Waals surface area (Å²) >= 11 is 6.02. The van der Waals surface area contributed by atoms with Crippen molar-refractivity contribution >= 4 is 30.3 Å². The van der Waals surface area contributed by atoms with Gasteiger partial charge in [0.2, 0.25) is 0 Å². The molecule has 1 saturated heterocycles. The first-order valence-corrected chi connectivity index (χ1v) is 12.9. The van der Waals surface area contributed by atoms with Crippen LogP contribution < -0.4 is 16.0 Å². The maximum absolute atomic E-state index is 12.7. The van der Waals surface area contributed by atoms with E-state index < -0.39 is 17.6 Å². The highest BCUT2D eigenvalue weighted by atomic mass is 35.5. The topological polar surface area (TPSA) is 96.5 Å². The van der Waals surface area contributed by atoms with E-state index in [1.54, 1.807) is 12.1 Å². The van der Waals surface area contributed by atoms with Crippen molar-refractivity contribution in [2.75, 3.05) is 13.1 Å². The average Bonchev–Trinajstić information content (AvgIpc) is 3.31. The van der Waals surface area contributed by atoms with Gasteiger partial charge in [0, 0.05) is 29.1 Å². The molecule has 0 spiro atoms. The van der Waals surface area contributed by atoms with Crippen molar-refractivity contribution in [3.63, 3.8) is 0 Å². The smallest absolute Gasteiger partial charge is 0.407 e. The Bertz CT molecular complexity index is 809. The van der Waals surface area contributed by atoms with Crippen molar-refractivity contribution in [1.29, 1.82) is 0 Å². The number of ether oxygens (including phenoxy) is 1. The van der Waals surface area contributed by atoms with Crippen LogP contribution in [-0.2, 0) is 20.9 Å². The molecule has 34 heavy (non-hydrogen) atoms. The Morgan fingerprint density at radius 1 is 1.29 bits per heavy atom. The highest BCUT2D eigenvalue weighted by Crippen LogP contribution is 2.30. The van der Waals surface area contributed by atoms with Gasteiger partial charge in [0.25, 0.3) is 0 Å². The first-order valence-electron chi connectivity index (χ1n) is 12.5. The lowest BCUT2D eigenvalue weighted by atomic mass is 9.81. The Labute approximate surface area is 207 Å². The number of aldehydes is 2. The number of carbonyl (C=O) groups is 3. The van der Waals surface area contributed by atoms with E-state index in [0.29, 0.717) is 23.9 Å². The van der Waals surface area contributed by atoms with E-state index in [1.807, 2.05) is 19.1 Å². The second-order valence-electron chi connectivity index (χ2n) is 10.0. The van der Waals surface area contributed by atoms with Crippen molar-refractivity contribution in [1.82, 2.24) is 16.0 Å². The third-order valence-electron chi connectivity index (χ3n) is 7.27. The molecule has 2 aliphatic rings. The first-order chi connectivity index (χ1) is 16.4.